The van der Waals surface area contributed by atoms with Crippen molar-refractivity contribution < 1.29 is 28.0 Å². The largest absolute Gasteiger partial charge is 0.480 e. The quantitative estimate of drug-likeness (QED) is 0.196. The van der Waals surface area contributed by atoms with E-state index >= 15 is 0 Å². The van der Waals surface area contributed by atoms with Crippen molar-refractivity contribution in [3.63, 3.8) is 0 Å². The van der Waals surface area contributed by atoms with Gasteiger partial charge in [0, 0.05) is 30.9 Å². The molecule has 0 spiro atoms. The Morgan fingerprint density at radius 1 is 1.27 bits per heavy atom. The summed E-state index contributed by atoms with van der Waals surface area (Å²) in [6, 6.07) is 5.60. The van der Waals surface area contributed by atoms with Crippen molar-refractivity contribution in [1.29, 1.82) is 0 Å². The number of para-hydroxylation sites is 1. The van der Waals surface area contributed by atoms with E-state index in [1.807, 2.05) is 4.98 Å². The molecule has 0 fully saturated rings. The summed E-state index contributed by atoms with van der Waals surface area (Å²) in [7, 11) is -4.26. The van der Waals surface area contributed by atoms with E-state index < -0.39 is 62.0 Å². The highest BCUT2D eigenvalue weighted by molar-refractivity contribution is 7.91. The fraction of sp³-hybridized carbons (Fsp3) is 0.263. The molecule has 0 radical (unpaired) electrons. The molecule has 2 heterocycles. The van der Waals surface area contributed by atoms with E-state index in [2.05, 4.69) is 14.9 Å². The van der Waals surface area contributed by atoms with Crippen molar-refractivity contribution in [2.45, 2.75) is 17.8 Å². The first-order valence-corrected chi connectivity index (χ1v) is 12.6. The molecule has 0 aliphatic rings. The number of H-pyrrole nitrogens is 1. The molecule has 0 saturated carbocycles. The molecule has 18 heteroatoms. The van der Waals surface area contributed by atoms with Crippen LogP contribution in [0.25, 0.3) is 10.6 Å². The molecule has 196 valence electrons. The van der Waals surface area contributed by atoms with Crippen LogP contribution in [0.4, 0.5) is 5.69 Å². The molecular formula is C19H19N7O9S2. The van der Waals surface area contributed by atoms with Crippen molar-refractivity contribution in [2.75, 3.05) is 19.6 Å². The monoisotopic (exact) mass is 553 g/mol. The van der Waals surface area contributed by atoms with Gasteiger partial charge in [-0.05, 0) is 13.0 Å². The van der Waals surface area contributed by atoms with Gasteiger partial charge in [-0.3, -0.25) is 34.0 Å². The Balaban J connectivity index is 1.71. The normalized spacial score (nSPS) is 11.3. The number of amides is 1. The fourth-order valence-electron chi connectivity index (χ4n) is 3.05. The second-order valence-electron chi connectivity index (χ2n) is 7.45. The predicted octanol–water partition coefficient (Wildman–Crippen LogP) is -0.837. The first-order chi connectivity index (χ1) is 17.4. The zero-order chi connectivity index (χ0) is 27.3. The number of carbonyl (C=O) groups excluding carboxylic acids is 1. The van der Waals surface area contributed by atoms with Crippen molar-refractivity contribution >= 4 is 38.9 Å². The van der Waals surface area contributed by atoms with E-state index in [0.29, 0.717) is 11.3 Å². The van der Waals surface area contributed by atoms with Crippen molar-refractivity contribution in [2.24, 2.45) is 0 Å². The van der Waals surface area contributed by atoms with Gasteiger partial charge < -0.3 is 10.0 Å². The number of carboxylic acids is 1. The lowest BCUT2D eigenvalue weighted by molar-refractivity contribution is -0.384. The van der Waals surface area contributed by atoms with E-state index in [9.17, 15) is 37.7 Å². The van der Waals surface area contributed by atoms with Crippen LogP contribution in [-0.2, 0) is 26.2 Å². The lowest BCUT2D eigenvalue weighted by Crippen LogP contribution is -2.44. The number of hydrogen-bond donors (Lipinski definition) is 3. The number of nitrogens with zero attached hydrogens (tertiary/aromatic N) is 5. The zero-order valence-corrected chi connectivity index (χ0v) is 20.6. The Kier molecular flexibility index (Phi) is 8.25. The third-order valence-corrected chi connectivity index (χ3v) is 7.60. The van der Waals surface area contributed by atoms with Gasteiger partial charge in [0.1, 0.15) is 13.1 Å². The molecule has 1 aromatic carbocycles. The Morgan fingerprint density at radius 2 is 1.97 bits per heavy atom. The minimum Gasteiger partial charge on any atom is -0.480 e. The van der Waals surface area contributed by atoms with Crippen molar-refractivity contribution in [3.05, 3.63) is 67.0 Å². The molecule has 1 amide bonds. The topological polar surface area (TPSA) is 228 Å². The highest BCUT2D eigenvalue weighted by Crippen LogP contribution is 2.32. The highest BCUT2D eigenvalue weighted by atomic mass is 32.2. The van der Waals surface area contributed by atoms with Crippen LogP contribution < -0.4 is 16.0 Å². The molecule has 0 aliphatic heterocycles. The Labute approximate surface area is 211 Å². The molecule has 0 bridgehead atoms. The molecule has 0 atom stereocenters. The zero-order valence-electron chi connectivity index (χ0n) is 19.0. The van der Waals surface area contributed by atoms with E-state index in [1.165, 1.54) is 31.2 Å². The number of aromatic amines is 1. The third-order valence-electron chi connectivity index (χ3n) is 4.81. The number of nitrogens with one attached hydrogen (secondary N) is 2. The molecule has 0 saturated heterocycles. The van der Waals surface area contributed by atoms with E-state index in [1.54, 1.807) is 0 Å². The summed E-state index contributed by atoms with van der Waals surface area (Å²) in [4.78, 5) is 60.7. The van der Waals surface area contributed by atoms with E-state index in [0.717, 1.165) is 15.7 Å². The number of sulfonamides is 1. The summed E-state index contributed by atoms with van der Waals surface area (Å²) in [5.41, 5.74) is -1.55. The lowest BCUT2D eigenvalue weighted by Gasteiger charge is -2.21. The molecule has 16 nitrogen and oxygen atoms in total. The number of nitro benzene ring substituents is 1. The van der Waals surface area contributed by atoms with Crippen molar-refractivity contribution in [1.82, 2.24) is 29.4 Å². The van der Waals surface area contributed by atoms with Crippen molar-refractivity contribution in [3.8, 4) is 10.6 Å². The van der Waals surface area contributed by atoms with Crippen LogP contribution in [0, 0.1) is 17.0 Å². The smallest absolute Gasteiger partial charge is 0.328 e. The number of nitro groups is 1. The summed E-state index contributed by atoms with van der Waals surface area (Å²) in [6.45, 7) is -0.749. The molecule has 37 heavy (non-hydrogen) atoms. The summed E-state index contributed by atoms with van der Waals surface area (Å²) in [5, 5.41) is 27.7. The van der Waals surface area contributed by atoms with Gasteiger partial charge in [0.2, 0.25) is 10.2 Å². The molecule has 3 rings (SSSR count). The number of benzene rings is 1. The molecule has 3 aromatic rings. The van der Waals surface area contributed by atoms with Crippen LogP contribution in [0.5, 0.6) is 0 Å². The average molecular weight is 554 g/mol. The summed E-state index contributed by atoms with van der Waals surface area (Å²) in [5.74, 6) is -2.19. The second-order valence-corrected chi connectivity index (χ2v) is 10.4. The predicted molar refractivity (Wildman–Crippen MR) is 127 cm³/mol. The minimum absolute atomic E-state index is 0.00278. The molecule has 0 unspecified atom stereocenters. The van der Waals surface area contributed by atoms with Gasteiger partial charge >= 0.3 is 11.7 Å². The Hall–Kier alpha value is -4.29. The summed E-state index contributed by atoms with van der Waals surface area (Å²) < 4.78 is 27.8. The van der Waals surface area contributed by atoms with Gasteiger partial charge in [0.05, 0.1) is 10.5 Å². The van der Waals surface area contributed by atoms with Gasteiger partial charge in [-0.2, -0.15) is 0 Å². The summed E-state index contributed by atoms with van der Waals surface area (Å²) in [6.07, 6.45) is 1.14. The molecule has 2 aromatic heterocycles. The first kappa shape index (κ1) is 27.3. The second kappa shape index (κ2) is 11.2. The maximum absolute atomic E-state index is 12.6. The maximum atomic E-state index is 12.6. The van der Waals surface area contributed by atoms with Gasteiger partial charge in [-0.15, -0.1) is 10.2 Å². The van der Waals surface area contributed by atoms with Crippen LogP contribution in [0.2, 0.25) is 0 Å². The van der Waals surface area contributed by atoms with E-state index in [4.69, 9.17) is 5.11 Å². The number of carbonyl (C=O) groups is 2. The Bertz CT molecular complexity index is 1580. The lowest BCUT2D eigenvalue weighted by atomic mass is 10.2. The standard InChI is InChI=1S/C19H19N7O9S2/c1-11-8-25(18(31)21-16(11)30)9-14(27)24(10-15(28)29)7-6-20-37(34,35)19-23-22-17(36-19)12-4-2-3-5-13(12)26(32)33/h2-5,8,20H,6-7,9-10H2,1H3,(H,28,29)(H,21,30,31). The number of aliphatic carboxylic acids is 1. The number of aromatic nitrogens is 4. The van der Waals surface area contributed by atoms with Crippen LogP contribution in [0.3, 0.4) is 0 Å². The average Bonchev–Trinajstić information content (AvgIpc) is 3.33. The summed E-state index contributed by atoms with van der Waals surface area (Å²) >= 11 is 0.587. The fourth-order valence-corrected chi connectivity index (χ4v) is 5.15. The van der Waals surface area contributed by atoms with Gasteiger partial charge in [0.25, 0.3) is 21.3 Å². The third kappa shape index (κ3) is 6.68. The molecule has 0 aliphatic carbocycles. The SMILES string of the molecule is Cc1cn(CC(=O)N(CCNS(=O)(=O)c2nnc(-c3ccccc3[N+](=O)[O-])s2)CC(=O)O)c(=O)[nH]c1=O. The van der Waals surface area contributed by atoms with Crippen LogP contribution in [-0.4, -0.2) is 74.6 Å². The van der Waals surface area contributed by atoms with Crippen LogP contribution >= 0.6 is 11.3 Å². The Morgan fingerprint density at radius 3 is 2.65 bits per heavy atom. The van der Waals surface area contributed by atoms with Gasteiger partial charge in [-0.1, -0.05) is 23.5 Å². The first-order valence-electron chi connectivity index (χ1n) is 10.3. The molecule has 3 N–H and O–H groups in total. The number of rotatable bonds is 11. The highest BCUT2D eigenvalue weighted by Gasteiger charge is 2.25. The van der Waals surface area contributed by atoms with Gasteiger partial charge in [-0.25, -0.2) is 17.9 Å². The number of hydrogen-bond acceptors (Lipinski definition) is 11. The van der Waals surface area contributed by atoms with Crippen LogP contribution in [0.15, 0.2) is 44.4 Å². The minimum atomic E-state index is -4.26. The van der Waals surface area contributed by atoms with E-state index in [-0.39, 0.29) is 28.4 Å². The molecular weight excluding hydrogens is 534 g/mol. The number of aryl methyl sites for hydroxylation is 1. The van der Waals surface area contributed by atoms with Gasteiger partial charge in [0.15, 0.2) is 5.01 Å². The number of carboxylic acid groups (broad SMARTS) is 1. The van der Waals surface area contributed by atoms with Crippen LogP contribution in [0.1, 0.15) is 5.56 Å². The maximum Gasteiger partial charge on any atom is 0.328 e.